The normalized spacial score (nSPS) is 10.6. The average Bonchev–Trinajstić information content (AvgIpc) is 2.70. The topological polar surface area (TPSA) is 48.4 Å². The molecule has 0 bridgehead atoms. The summed E-state index contributed by atoms with van der Waals surface area (Å²) < 4.78 is 25.0. The van der Waals surface area contributed by atoms with Gasteiger partial charge in [0.05, 0.1) is 27.9 Å². The zero-order valence-electron chi connectivity index (χ0n) is 14.5. The van der Waals surface area contributed by atoms with E-state index in [4.69, 9.17) is 44.3 Å². The number of nitrogens with zero attached hydrogens (tertiary/aromatic N) is 1. The van der Waals surface area contributed by atoms with Crippen molar-refractivity contribution in [3.05, 3.63) is 80.7 Å². The van der Waals surface area contributed by atoms with Gasteiger partial charge in [-0.25, -0.2) is 14.2 Å². The lowest BCUT2D eigenvalue weighted by atomic mass is 10.1. The van der Waals surface area contributed by atoms with Crippen LogP contribution >= 0.6 is 34.8 Å². The quantitative estimate of drug-likeness (QED) is 0.442. The Balaban J connectivity index is 1.96. The molecular formula is C20H13Cl3FNO3. The van der Waals surface area contributed by atoms with E-state index in [2.05, 4.69) is 4.98 Å². The lowest BCUT2D eigenvalue weighted by Gasteiger charge is -2.12. The number of esters is 1. The number of hydrogen-bond donors (Lipinski definition) is 0. The first-order chi connectivity index (χ1) is 13.4. The number of methoxy groups -OCH3 is 1. The number of rotatable bonds is 5. The van der Waals surface area contributed by atoms with Gasteiger partial charge in [-0.15, -0.1) is 0 Å². The molecule has 2 aromatic carbocycles. The highest BCUT2D eigenvalue weighted by atomic mass is 35.5. The van der Waals surface area contributed by atoms with Crippen molar-refractivity contribution in [3.8, 4) is 17.0 Å². The minimum absolute atomic E-state index is 0.00846. The fraction of sp³-hybridized carbons (Fsp3) is 0.100. The minimum atomic E-state index is -0.768. The zero-order valence-corrected chi connectivity index (χ0v) is 16.8. The van der Waals surface area contributed by atoms with Gasteiger partial charge in [0.15, 0.2) is 17.3 Å². The highest BCUT2D eigenvalue weighted by molar-refractivity contribution is 6.43. The number of carbonyl (C=O) groups excluding carboxylic acids is 1. The second-order valence-electron chi connectivity index (χ2n) is 5.66. The molecule has 0 saturated heterocycles. The van der Waals surface area contributed by atoms with Gasteiger partial charge in [0, 0.05) is 5.56 Å². The van der Waals surface area contributed by atoms with Crippen molar-refractivity contribution in [1.29, 1.82) is 0 Å². The predicted molar refractivity (Wildman–Crippen MR) is 107 cm³/mol. The van der Waals surface area contributed by atoms with E-state index in [1.54, 1.807) is 0 Å². The van der Waals surface area contributed by atoms with E-state index >= 15 is 0 Å². The third-order valence-corrected chi connectivity index (χ3v) is 4.92. The molecule has 144 valence electrons. The zero-order chi connectivity index (χ0) is 20.3. The van der Waals surface area contributed by atoms with Crippen molar-refractivity contribution >= 4 is 40.8 Å². The molecule has 0 aliphatic rings. The van der Waals surface area contributed by atoms with Crippen molar-refractivity contribution in [2.75, 3.05) is 7.11 Å². The van der Waals surface area contributed by atoms with Crippen molar-refractivity contribution < 1.29 is 18.7 Å². The second-order valence-corrected chi connectivity index (χ2v) is 6.85. The molecule has 0 unspecified atom stereocenters. The molecule has 0 radical (unpaired) electrons. The van der Waals surface area contributed by atoms with Gasteiger partial charge in [0.25, 0.3) is 0 Å². The number of carbonyl (C=O) groups is 1. The molecule has 0 spiro atoms. The Labute approximate surface area is 175 Å². The van der Waals surface area contributed by atoms with Gasteiger partial charge in [-0.05, 0) is 23.8 Å². The standard InChI is InChI=1S/C20H13Cl3FNO3/c1-27-19-13(21)8-7-12(17(19)24)18-16(23)14(22)9-15(25-18)20(26)28-10-11-5-3-2-4-6-11/h2-9H,10H2,1H3. The van der Waals surface area contributed by atoms with E-state index in [1.165, 1.54) is 25.3 Å². The summed E-state index contributed by atoms with van der Waals surface area (Å²) >= 11 is 18.2. The monoisotopic (exact) mass is 439 g/mol. The van der Waals surface area contributed by atoms with Crippen LogP contribution in [0.4, 0.5) is 4.39 Å². The Kier molecular flexibility index (Phi) is 6.39. The van der Waals surface area contributed by atoms with Crippen molar-refractivity contribution in [2.24, 2.45) is 0 Å². The molecule has 1 aromatic heterocycles. The fourth-order valence-electron chi connectivity index (χ4n) is 2.48. The first-order valence-electron chi connectivity index (χ1n) is 8.01. The Morgan fingerprint density at radius 1 is 1.07 bits per heavy atom. The van der Waals surface area contributed by atoms with E-state index in [0.29, 0.717) is 0 Å². The van der Waals surface area contributed by atoms with Crippen LogP contribution in [0.3, 0.4) is 0 Å². The van der Waals surface area contributed by atoms with E-state index in [0.717, 1.165) is 5.56 Å². The van der Waals surface area contributed by atoms with Gasteiger partial charge < -0.3 is 9.47 Å². The maximum Gasteiger partial charge on any atom is 0.357 e. The minimum Gasteiger partial charge on any atom is -0.492 e. The summed E-state index contributed by atoms with van der Waals surface area (Å²) in [5.74, 6) is -1.65. The summed E-state index contributed by atoms with van der Waals surface area (Å²) in [6, 6.07) is 13.2. The van der Waals surface area contributed by atoms with E-state index in [1.807, 2.05) is 30.3 Å². The smallest absolute Gasteiger partial charge is 0.357 e. The van der Waals surface area contributed by atoms with E-state index in [-0.39, 0.29) is 44.4 Å². The van der Waals surface area contributed by atoms with Crippen LogP contribution in [0.1, 0.15) is 16.1 Å². The molecule has 0 atom stereocenters. The summed E-state index contributed by atoms with van der Waals surface area (Å²) in [6.07, 6.45) is 0. The second kappa shape index (κ2) is 8.78. The van der Waals surface area contributed by atoms with Crippen LogP contribution in [0.5, 0.6) is 5.75 Å². The molecular weight excluding hydrogens is 428 g/mol. The SMILES string of the molecule is COc1c(Cl)ccc(-c2nc(C(=O)OCc3ccccc3)cc(Cl)c2Cl)c1F. The molecule has 0 amide bonds. The molecule has 8 heteroatoms. The molecule has 3 rings (SSSR count). The summed E-state index contributed by atoms with van der Waals surface area (Å²) in [4.78, 5) is 16.6. The molecule has 0 saturated carbocycles. The van der Waals surface area contributed by atoms with Gasteiger partial charge >= 0.3 is 5.97 Å². The number of hydrogen-bond acceptors (Lipinski definition) is 4. The van der Waals surface area contributed by atoms with Gasteiger partial charge in [0.1, 0.15) is 6.61 Å². The first kappa shape index (κ1) is 20.4. The van der Waals surface area contributed by atoms with Crippen molar-refractivity contribution in [2.45, 2.75) is 6.61 Å². The molecule has 1 heterocycles. The van der Waals surface area contributed by atoms with Crippen molar-refractivity contribution in [1.82, 2.24) is 4.98 Å². The van der Waals surface area contributed by atoms with Crippen LogP contribution in [-0.2, 0) is 11.3 Å². The molecule has 4 nitrogen and oxygen atoms in total. The molecule has 28 heavy (non-hydrogen) atoms. The number of halogens is 4. The number of pyridine rings is 1. The molecule has 0 aliphatic carbocycles. The Morgan fingerprint density at radius 3 is 2.46 bits per heavy atom. The van der Waals surface area contributed by atoms with E-state index in [9.17, 15) is 9.18 Å². The maximum absolute atomic E-state index is 14.8. The Hall–Kier alpha value is -2.34. The number of aromatic nitrogens is 1. The van der Waals surface area contributed by atoms with Crippen LogP contribution in [0.15, 0.2) is 48.5 Å². The van der Waals surface area contributed by atoms with Crippen LogP contribution < -0.4 is 4.74 Å². The van der Waals surface area contributed by atoms with Crippen LogP contribution in [0.2, 0.25) is 15.1 Å². The van der Waals surface area contributed by atoms with E-state index < -0.39 is 11.8 Å². The highest BCUT2D eigenvalue weighted by Gasteiger charge is 2.22. The average molecular weight is 441 g/mol. The van der Waals surface area contributed by atoms with Crippen molar-refractivity contribution in [3.63, 3.8) is 0 Å². The predicted octanol–water partition coefficient (Wildman–Crippen LogP) is 6.21. The van der Waals surface area contributed by atoms with Gasteiger partial charge in [-0.1, -0.05) is 65.1 Å². The molecule has 0 fully saturated rings. The molecule has 0 aliphatic heterocycles. The molecule has 3 aromatic rings. The van der Waals surface area contributed by atoms with Gasteiger partial charge in [0.2, 0.25) is 0 Å². The van der Waals surface area contributed by atoms with Gasteiger partial charge in [-0.3, -0.25) is 0 Å². The van der Waals surface area contributed by atoms with Crippen LogP contribution in [0.25, 0.3) is 11.3 Å². The summed E-state index contributed by atoms with van der Waals surface area (Å²) in [5, 5.41) is 0.112. The lowest BCUT2D eigenvalue weighted by Crippen LogP contribution is -2.09. The highest BCUT2D eigenvalue weighted by Crippen LogP contribution is 2.39. The number of ether oxygens (including phenoxy) is 2. The number of benzene rings is 2. The Bertz CT molecular complexity index is 1030. The third-order valence-electron chi connectivity index (χ3n) is 3.84. The summed E-state index contributed by atoms with van der Waals surface area (Å²) in [5.41, 5.74) is 0.678. The van der Waals surface area contributed by atoms with Crippen LogP contribution in [-0.4, -0.2) is 18.1 Å². The first-order valence-corrected chi connectivity index (χ1v) is 9.15. The van der Waals surface area contributed by atoms with Gasteiger partial charge in [-0.2, -0.15) is 0 Å². The third kappa shape index (κ3) is 4.22. The lowest BCUT2D eigenvalue weighted by molar-refractivity contribution is 0.0466. The molecule has 0 N–H and O–H groups in total. The maximum atomic E-state index is 14.8. The van der Waals surface area contributed by atoms with Crippen LogP contribution in [0, 0.1) is 5.82 Å². The summed E-state index contributed by atoms with van der Waals surface area (Å²) in [7, 11) is 1.29. The summed E-state index contributed by atoms with van der Waals surface area (Å²) in [6.45, 7) is 0.0556. The Morgan fingerprint density at radius 2 is 1.79 bits per heavy atom. The fourth-order valence-corrected chi connectivity index (χ4v) is 3.10. The largest absolute Gasteiger partial charge is 0.492 e.